The molecule has 0 bridgehead atoms. The fourth-order valence-corrected chi connectivity index (χ4v) is 4.25. The van der Waals surface area contributed by atoms with Crippen LogP contribution in [0, 0.1) is 11.3 Å². The first-order chi connectivity index (χ1) is 14.6. The molecular weight excluding hydrogens is 380 g/mol. The quantitative estimate of drug-likeness (QED) is 0.843. The lowest BCUT2D eigenvalue weighted by atomic mass is 10.0. The summed E-state index contributed by atoms with van der Waals surface area (Å²) in [4.78, 5) is 17.4. The van der Waals surface area contributed by atoms with E-state index in [0.29, 0.717) is 30.2 Å². The summed E-state index contributed by atoms with van der Waals surface area (Å²) in [6, 6.07) is 13.4. The number of carbonyl (C=O) groups is 1. The van der Waals surface area contributed by atoms with E-state index in [1.54, 1.807) is 31.3 Å². The molecule has 0 spiro atoms. The molecule has 2 aliphatic heterocycles. The van der Waals surface area contributed by atoms with Gasteiger partial charge in [-0.2, -0.15) is 5.26 Å². The van der Waals surface area contributed by atoms with Crippen molar-refractivity contribution in [2.75, 3.05) is 32.2 Å². The molecule has 0 aromatic heterocycles. The molecule has 2 aromatic rings. The van der Waals surface area contributed by atoms with E-state index < -0.39 is 0 Å². The van der Waals surface area contributed by atoms with E-state index in [9.17, 15) is 10.1 Å². The predicted molar refractivity (Wildman–Crippen MR) is 114 cm³/mol. The van der Waals surface area contributed by atoms with Gasteiger partial charge in [0.25, 0.3) is 0 Å². The Morgan fingerprint density at radius 1 is 1.03 bits per heavy atom. The van der Waals surface area contributed by atoms with Crippen LogP contribution in [-0.4, -0.2) is 44.3 Å². The molecule has 4 rings (SSSR count). The number of rotatable bonds is 4. The number of nitrogens with zero attached hydrogens (tertiary/aromatic N) is 3. The number of anilines is 1. The zero-order valence-electron chi connectivity index (χ0n) is 17.4. The molecule has 0 saturated carbocycles. The smallest absolute Gasteiger partial charge is 0.325 e. The molecule has 2 aliphatic rings. The minimum atomic E-state index is -0.0360. The summed E-state index contributed by atoms with van der Waals surface area (Å²) >= 11 is 0. The molecule has 1 N–H and O–H groups in total. The first kappa shape index (κ1) is 20.0. The maximum Gasteiger partial charge on any atom is 0.325 e. The van der Waals surface area contributed by atoms with E-state index in [2.05, 4.69) is 11.4 Å². The lowest BCUT2D eigenvalue weighted by molar-refractivity contribution is 0.162. The summed E-state index contributed by atoms with van der Waals surface area (Å²) < 4.78 is 11.0. The minimum absolute atomic E-state index is 0.0360. The molecule has 2 aromatic carbocycles. The Labute approximate surface area is 176 Å². The van der Waals surface area contributed by atoms with Crippen LogP contribution in [0.25, 0.3) is 0 Å². The number of urea groups is 1. The van der Waals surface area contributed by atoms with Crippen LogP contribution in [0.15, 0.2) is 36.4 Å². The highest BCUT2D eigenvalue weighted by atomic mass is 16.5. The zero-order valence-corrected chi connectivity index (χ0v) is 17.4. The average molecular weight is 406 g/mol. The molecule has 30 heavy (non-hydrogen) atoms. The van der Waals surface area contributed by atoms with Gasteiger partial charge in [0.05, 0.1) is 32.4 Å². The predicted octanol–water partition coefficient (Wildman–Crippen LogP) is 3.27. The van der Waals surface area contributed by atoms with E-state index >= 15 is 0 Å². The molecule has 7 nitrogen and oxygen atoms in total. The Kier molecular flexibility index (Phi) is 5.77. The lowest BCUT2D eigenvalue weighted by Crippen LogP contribution is -2.49. The third kappa shape index (κ3) is 3.79. The third-order valence-corrected chi connectivity index (χ3v) is 5.89. The Morgan fingerprint density at radius 2 is 1.70 bits per heavy atom. The standard InChI is InChI=1S/C23H26N4O3/c1-29-21-11-17-14-26(19-6-8-25-9-7-19)23(28)27(15-18(17)12-22(21)30-2)20-5-3-4-16(10-20)13-24/h3-5,10-12,19,25H,6-9,14-15H2,1-2H3. The van der Waals surface area contributed by atoms with Crippen molar-refractivity contribution in [3.05, 3.63) is 53.1 Å². The van der Waals surface area contributed by atoms with Gasteiger partial charge in [-0.3, -0.25) is 4.90 Å². The number of methoxy groups -OCH3 is 2. The Bertz CT molecular complexity index is 979. The van der Waals surface area contributed by atoms with E-state index in [4.69, 9.17) is 9.47 Å². The number of piperidine rings is 1. The Morgan fingerprint density at radius 3 is 2.33 bits per heavy atom. The molecule has 0 unspecified atom stereocenters. The highest BCUT2D eigenvalue weighted by molar-refractivity contribution is 5.93. The number of amides is 2. The van der Waals surface area contributed by atoms with Crippen LogP contribution in [0.4, 0.5) is 10.5 Å². The van der Waals surface area contributed by atoms with Gasteiger partial charge in [0.15, 0.2) is 11.5 Å². The van der Waals surface area contributed by atoms with Gasteiger partial charge < -0.3 is 19.7 Å². The van der Waals surface area contributed by atoms with Gasteiger partial charge in [0.1, 0.15) is 0 Å². The first-order valence-electron chi connectivity index (χ1n) is 10.2. The highest BCUT2D eigenvalue weighted by Gasteiger charge is 2.34. The van der Waals surface area contributed by atoms with Gasteiger partial charge in [-0.1, -0.05) is 6.07 Å². The molecule has 0 atom stereocenters. The van der Waals surface area contributed by atoms with Crippen molar-refractivity contribution >= 4 is 11.7 Å². The van der Waals surface area contributed by atoms with E-state index in [1.165, 1.54) is 0 Å². The number of carbonyl (C=O) groups excluding carboxylic acids is 1. The van der Waals surface area contributed by atoms with Crippen molar-refractivity contribution in [1.29, 1.82) is 5.26 Å². The monoisotopic (exact) mass is 406 g/mol. The van der Waals surface area contributed by atoms with Crippen molar-refractivity contribution in [3.63, 3.8) is 0 Å². The Balaban J connectivity index is 1.80. The number of hydrogen-bond donors (Lipinski definition) is 1. The number of ether oxygens (including phenoxy) is 2. The van der Waals surface area contributed by atoms with E-state index in [1.807, 2.05) is 29.2 Å². The molecular formula is C23H26N4O3. The molecule has 1 fully saturated rings. The lowest BCUT2D eigenvalue weighted by Gasteiger charge is -2.36. The van der Waals surface area contributed by atoms with Crippen molar-refractivity contribution < 1.29 is 14.3 Å². The second kappa shape index (κ2) is 8.64. The highest BCUT2D eigenvalue weighted by Crippen LogP contribution is 2.36. The van der Waals surface area contributed by atoms with E-state index in [-0.39, 0.29) is 12.1 Å². The fourth-order valence-electron chi connectivity index (χ4n) is 4.25. The van der Waals surface area contributed by atoms with Crippen molar-refractivity contribution in [1.82, 2.24) is 10.2 Å². The summed E-state index contributed by atoms with van der Waals surface area (Å²) in [5.41, 5.74) is 3.32. The number of hydrogen-bond acceptors (Lipinski definition) is 5. The number of nitrogens with one attached hydrogen (secondary N) is 1. The van der Waals surface area contributed by atoms with Gasteiger partial charge in [0.2, 0.25) is 0 Å². The Hall–Kier alpha value is -3.24. The van der Waals surface area contributed by atoms with Crippen LogP contribution in [0.1, 0.15) is 29.5 Å². The van der Waals surface area contributed by atoms with Crippen LogP contribution in [0.3, 0.4) is 0 Å². The maximum absolute atomic E-state index is 13.7. The number of fused-ring (bicyclic) bond motifs is 1. The molecule has 1 saturated heterocycles. The molecule has 7 heteroatoms. The van der Waals surface area contributed by atoms with Gasteiger partial charge in [0, 0.05) is 18.3 Å². The van der Waals surface area contributed by atoms with Crippen molar-refractivity contribution in [3.8, 4) is 17.6 Å². The first-order valence-corrected chi connectivity index (χ1v) is 10.2. The maximum atomic E-state index is 13.7. The average Bonchev–Trinajstić information content (AvgIpc) is 2.94. The SMILES string of the molecule is COc1cc2c(cc1OC)CN(C1CCNCC1)C(=O)N(c1cccc(C#N)c1)C2. The summed E-state index contributed by atoms with van der Waals surface area (Å²) in [5, 5.41) is 12.7. The van der Waals surface area contributed by atoms with Gasteiger partial charge in [-0.15, -0.1) is 0 Å². The van der Waals surface area contributed by atoms with Crippen molar-refractivity contribution in [2.45, 2.75) is 32.0 Å². The largest absolute Gasteiger partial charge is 0.493 e. The minimum Gasteiger partial charge on any atom is -0.493 e. The van der Waals surface area contributed by atoms with Crippen LogP contribution in [0.2, 0.25) is 0 Å². The molecule has 2 heterocycles. The van der Waals surface area contributed by atoms with Crippen LogP contribution < -0.4 is 19.7 Å². The molecule has 156 valence electrons. The van der Waals surface area contributed by atoms with Gasteiger partial charge in [-0.25, -0.2) is 4.79 Å². The molecule has 0 radical (unpaired) electrons. The normalized spacial score (nSPS) is 17.2. The fraction of sp³-hybridized carbons (Fsp3) is 0.391. The van der Waals surface area contributed by atoms with Crippen LogP contribution in [0.5, 0.6) is 11.5 Å². The van der Waals surface area contributed by atoms with Gasteiger partial charge >= 0.3 is 6.03 Å². The van der Waals surface area contributed by atoms with E-state index in [0.717, 1.165) is 42.7 Å². The van der Waals surface area contributed by atoms with Gasteiger partial charge in [-0.05, 0) is 67.4 Å². The molecule has 0 aliphatic carbocycles. The molecule has 2 amide bonds. The summed E-state index contributed by atoms with van der Waals surface area (Å²) in [6.45, 7) is 2.73. The summed E-state index contributed by atoms with van der Waals surface area (Å²) in [7, 11) is 3.23. The second-order valence-electron chi connectivity index (χ2n) is 7.62. The number of nitriles is 1. The summed E-state index contributed by atoms with van der Waals surface area (Å²) in [6.07, 6.45) is 1.83. The summed E-state index contributed by atoms with van der Waals surface area (Å²) in [5.74, 6) is 1.30. The van der Waals surface area contributed by atoms with Crippen LogP contribution >= 0.6 is 0 Å². The van der Waals surface area contributed by atoms with Crippen molar-refractivity contribution in [2.24, 2.45) is 0 Å². The van der Waals surface area contributed by atoms with Crippen LogP contribution in [-0.2, 0) is 13.1 Å². The third-order valence-electron chi connectivity index (χ3n) is 5.89. The topological polar surface area (TPSA) is 77.8 Å². The number of benzene rings is 2. The second-order valence-corrected chi connectivity index (χ2v) is 7.62. The zero-order chi connectivity index (χ0) is 21.1.